The van der Waals surface area contributed by atoms with Gasteiger partial charge in [-0.05, 0) is 14.1 Å². The van der Waals surface area contributed by atoms with Gasteiger partial charge in [-0.25, -0.2) is 0 Å². The number of ether oxygens (including phenoxy) is 2. The van der Waals surface area contributed by atoms with Crippen LogP contribution in [0.15, 0.2) is 0 Å². The van der Waals surface area contributed by atoms with E-state index < -0.39 is 0 Å². The highest BCUT2D eigenvalue weighted by Crippen LogP contribution is 1.97. The van der Waals surface area contributed by atoms with E-state index in [2.05, 4.69) is 28.8 Å². The van der Waals surface area contributed by atoms with Gasteiger partial charge >= 0.3 is 0 Å². The maximum Gasteiger partial charge on any atom is 0.0594 e. The largest absolute Gasteiger partial charge is 0.383 e. The Bertz CT molecular complexity index is 200. The Labute approximate surface area is 139 Å². The molecule has 5 heteroatoms. The van der Waals surface area contributed by atoms with Gasteiger partial charge in [-0.1, -0.05) is 27.7 Å². The third-order valence-corrected chi connectivity index (χ3v) is 3.44. The first kappa shape index (κ1) is 24.1. The van der Waals surface area contributed by atoms with E-state index in [9.17, 15) is 0 Å². The maximum atomic E-state index is 5.35. The Morgan fingerprint density at radius 3 is 1.86 bits per heavy atom. The number of methoxy groups -OCH3 is 1. The monoisotopic (exact) mass is 319 g/mol. The van der Waals surface area contributed by atoms with Gasteiger partial charge in [-0.15, -0.1) is 0 Å². The molecule has 0 aromatic carbocycles. The molecule has 1 aliphatic heterocycles. The second kappa shape index (κ2) is 18.8. The molecule has 0 amide bonds. The summed E-state index contributed by atoms with van der Waals surface area (Å²) in [7, 11) is 6.10. The van der Waals surface area contributed by atoms with Gasteiger partial charge in [0.05, 0.1) is 19.8 Å². The van der Waals surface area contributed by atoms with Crippen LogP contribution < -0.4 is 0 Å². The normalized spacial score (nSPS) is 15.1. The second-order valence-electron chi connectivity index (χ2n) is 5.05. The second-order valence-corrected chi connectivity index (χ2v) is 5.05. The molecule has 22 heavy (non-hydrogen) atoms. The Morgan fingerprint density at radius 2 is 1.36 bits per heavy atom. The fourth-order valence-corrected chi connectivity index (χ4v) is 1.95. The average Bonchev–Trinajstić information content (AvgIpc) is 2.60. The Kier molecular flexibility index (Phi) is 20.6. The molecule has 0 radical (unpaired) electrons. The highest BCUT2D eigenvalue weighted by molar-refractivity contribution is 4.65. The Hall–Kier alpha value is -0.200. The molecule has 5 nitrogen and oxygen atoms in total. The molecule has 1 aliphatic rings. The van der Waals surface area contributed by atoms with Gasteiger partial charge in [0.1, 0.15) is 0 Å². The minimum atomic E-state index is 0.813. The molecule has 0 unspecified atom stereocenters. The van der Waals surface area contributed by atoms with Gasteiger partial charge in [0.2, 0.25) is 0 Å². The van der Waals surface area contributed by atoms with Gasteiger partial charge in [0.15, 0.2) is 0 Å². The van der Waals surface area contributed by atoms with E-state index in [0.29, 0.717) is 0 Å². The zero-order valence-electron chi connectivity index (χ0n) is 16.2. The van der Waals surface area contributed by atoms with Crippen molar-refractivity contribution < 1.29 is 9.47 Å². The predicted molar refractivity (Wildman–Crippen MR) is 96.8 cm³/mol. The van der Waals surface area contributed by atoms with Gasteiger partial charge in [0.25, 0.3) is 0 Å². The summed E-state index contributed by atoms with van der Waals surface area (Å²) in [6.45, 7) is 18.3. The lowest BCUT2D eigenvalue weighted by Gasteiger charge is -2.29. The van der Waals surface area contributed by atoms with Crippen LogP contribution in [0.25, 0.3) is 0 Å². The molecule has 0 aromatic rings. The molecule has 0 spiro atoms. The average molecular weight is 320 g/mol. The van der Waals surface area contributed by atoms with Crippen LogP contribution >= 0.6 is 0 Å². The fourth-order valence-electron chi connectivity index (χ4n) is 1.95. The number of hydrogen-bond acceptors (Lipinski definition) is 5. The van der Waals surface area contributed by atoms with Gasteiger partial charge in [0, 0.05) is 52.9 Å². The van der Waals surface area contributed by atoms with Crippen molar-refractivity contribution in [3.05, 3.63) is 0 Å². The first-order chi connectivity index (χ1) is 10.7. The summed E-state index contributed by atoms with van der Waals surface area (Å²) in [4.78, 5) is 7.20. The number of morpholine rings is 1. The quantitative estimate of drug-likeness (QED) is 0.647. The molecule has 1 rings (SSSR count). The molecule has 0 atom stereocenters. The molecular formula is C17H41N3O2. The van der Waals surface area contributed by atoms with Crippen molar-refractivity contribution in [2.24, 2.45) is 0 Å². The zero-order valence-corrected chi connectivity index (χ0v) is 16.2. The van der Waals surface area contributed by atoms with Crippen molar-refractivity contribution >= 4 is 0 Å². The van der Waals surface area contributed by atoms with E-state index in [1.165, 1.54) is 0 Å². The molecular weight excluding hydrogens is 278 g/mol. The van der Waals surface area contributed by atoms with E-state index in [4.69, 9.17) is 9.47 Å². The number of nitrogens with zero attached hydrogens (tertiary/aromatic N) is 3. The van der Waals surface area contributed by atoms with Crippen molar-refractivity contribution in [2.75, 3.05) is 86.8 Å². The van der Waals surface area contributed by atoms with Gasteiger partial charge in [-0.3, -0.25) is 4.90 Å². The Balaban J connectivity index is 0. The lowest BCUT2D eigenvalue weighted by atomic mass is 10.4. The fraction of sp³-hybridized carbons (Fsp3) is 1.00. The maximum absolute atomic E-state index is 5.35. The minimum Gasteiger partial charge on any atom is -0.383 e. The molecule has 1 fully saturated rings. The van der Waals surface area contributed by atoms with Crippen molar-refractivity contribution in [3.63, 3.8) is 0 Å². The van der Waals surface area contributed by atoms with Crippen LogP contribution in [-0.4, -0.2) is 102 Å². The number of likely N-dealkylation sites (N-methyl/N-ethyl adjacent to an activating group) is 2. The molecule has 0 saturated carbocycles. The minimum absolute atomic E-state index is 0.813. The van der Waals surface area contributed by atoms with Crippen LogP contribution in [0, 0.1) is 0 Å². The SMILES string of the molecule is CC.CC.COCCN(C)CCN(C)CCN1CCOCC1. The van der Waals surface area contributed by atoms with Gasteiger partial charge in [-0.2, -0.15) is 0 Å². The van der Waals surface area contributed by atoms with E-state index in [-0.39, 0.29) is 0 Å². The molecule has 0 bridgehead atoms. The standard InChI is InChI=1S/C13H29N3O2.2C2H6/c1-14(4-5-15(2)8-11-17-3)6-7-16-9-12-18-13-10-16;2*1-2/h4-13H2,1-3H3;2*1-2H3. The Morgan fingerprint density at radius 1 is 0.864 bits per heavy atom. The van der Waals surface area contributed by atoms with Crippen LogP contribution in [0.3, 0.4) is 0 Å². The molecule has 1 saturated heterocycles. The van der Waals surface area contributed by atoms with Crippen molar-refractivity contribution in [1.82, 2.24) is 14.7 Å². The van der Waals surface area contributed by atoms with Crippen LogP contribution in [-0.2, 0) is 9.47 Å². The number of hydrogen-bond donors (Lipinski definition) is 0. The van der Waals surface area contributed by atoms with Gasteiger partial charge < -0.3 is 19.3 Å². The van der Waals surface area contributed by atoms with Crippen LogP contribution in [0.5, 0.6) is 0 Å². The van der Waals surface area contributed by atoms with Crippen molar-refractivity contribution in [1.29, 1.82) is 0 Å². The van der Waals surface area contributed by atoms with E-state index in [1.807, 2.05) is 27.7 Å². The van der Waals surface area contributed by atoms with Crippen molar-refractivity contribution in [3.8, 4) is 0 Å². The summed E-state index contributed by atoms with van der Waals surface area (Å²) in [6.07, 6.45) is 0. The smallest absolute Gasteiger partial charge is 0.0594 e. The third-order valence-electron chi connectivity index (χ3n) is 3.44. The van der Waals surface area contributed by atoms with Crippen LogP contribution in [0.4, 0.5) is 0 Å². The molecule has 136 valence electrons. The van der Waals surface area contributed by atoms with Crippen molar-refractivity contribution in [2.45, 2.75) is 27.7 Å². The summed E-state index contributed by atoms with van der Waals surface area (Å²) in [6, 6.07) is 0. The summed E-state index contributed by atoms with van der Waals surface area (Å²) in [5, 5.41) is 0. The summed E-state index contributed by atoms with van der Waals surface area (Å²) in [5.41, 5.74) is 0. The first-order valence-corrected chi connectivity index (χ1v) is 8.88. The van der Waals surface area contributed by atoms with Crippen LogP contribution in [0.1, 0.15) is 27.7 Å². The topological polar surface area (TPSA) is 28.2 Å². The predicted octanol–water partition coefficient (Wildman–Crippen LogP) is 1.88. The highest BCUT2D eigenvalue weighted by atomic mass is 16.5. The van der Waals surface area contributed by atoms with E-state index in [0.717, 1.165) is 65.6 Å². The summed E-state index contributed by atoms with van der Waals surface area (Å²) < 4.78 is 10.4. The molecule has 0 N–H and O–H groups in total. The summed E-state index contributed by atoms with van der Waals surface area (Å²) in [5.74, 6) is 0. The molecule has 0 aliphatic carbocycles. The first-order valence-electron chi connectivity index (χ1n) is 8.88. The third kappa shape index (κ3) is 14.7. The number of rotatable bonds is 9. The molecule has 1 heterocycles. The van der Waals surface area contributed by atoms with E-state index in [1.54, 1.807) is 7.11 Å². The van der Waals surface area contributed by atoms with E-state index >= 15 is 0 Å². The van der Waals surface area contributed by atoms with Crippen LogP contribution in [0.2, 0.25) is 0 Å². The lowest BCUT2D eigenvalue weighted by Crippen LogP contribution is -2.42. The highest BCUT2D eigenvalue weighted by Gasteiger charge is 2.10. The summed E-state index contributed by atoms with van der Waals surface area (Å²) >= 11 is 0. The molecule has 0 aromatic heterocycles. The lowest BCUT2D eigenvalue weighted by molar-refractivity contribution is 0.0341. The zero-order chi connectivity index (χ0) is 17.2.